The molecule has 180 valence electrons. The molecule has 4 rings (SSSR count). The number of hydrogen-bond acceptors (Lipinski definition) is 5. The minimum absolute atomic E-state index is 0.144. The minimum atomic E-state index is -0.212. The summed E-state index contributed by atoms with van der Waals surface area (Å²) in [5, 5.41) is 3.56. The molecule has 0 aliphatic carbocycles. The van der Waals surface area contributed by atoms with Crippen LogP contribution in [0.1, 0.15) is 28.4 Å². The zero-order valence-corrected chi connectivity index (χ0v) is 21.2. The summed E-state index contributed by atoms with van der Waals surface area (Å²) in [4.78, 5) is 28.9. The lowest BCUT2D eigenvalue weighted by molar-refractivity contribution is -0.114. The van der Waals surface area contributed by atoms with E-state index in [2.05, 4.69) is 5.32 Å². The van der Waals surface area contributed by atoms with Crippen LogP contribution in [0.4, 0.5) is 5.69 Å². The number of methoxy groups -OCH3 is 1. The molecule has 1 N–H and O–H groups in total. The first-order chi connectivity index (χ1) is 16.9. The van der Waals surface area contributed by atoms with E-state index in [1.807, 2.05) is 49.4 Å². The van der Waals surface area contributed by atoms with Crippen molar-refractivity contribution in [1.29, 1.82) is 0 Å². The number of fused-ring (bicyclic) bond motifs is 1. The number of hydrogen-bond donors (Lipinski definition) is 1. The van der Waals surface area contributed by atoms with Crippen LogP contribution in [0.3, 0.4) is 0 Å². The van der Waals surface area contributed by atoms with Crippen LogP contribution < -0.4 is 19.7 Å². The molecule has 0 spiro atoms. The molecule has 8 heteroatoms. The van der Waals surface area contributed by atoms with Crippen molar-refractivity contribution in [2.45, 2.75) is 18.4 Å². The number of ether oxygens (including phenoxy) is 2. The van der Waals surface area contributed by atoms with Gasteiger partial charge in [0.15, 0.2) is 11.5 Å². The van der Waals surface area contributed by atoms with Gasteiger partial charge in [0, 0.05) is 29.1 Å². The largest absolute Gasteiger partial charge is 0.493 e. The van der Waals surface area contributed by atoms with Crippen molar-refractivity contribution < 1.29 is 19.1 Å². The third-order valence-electron chi connectivity index (χ3n) is 5.47. The van der Waals surface area contributed by atoms with Crippen molar-refractivity contribution in [3.8, 4) is 11.5 Å². The maximum absolute atomic E-state index is 13.1. The van der Waals surface area contributed by atoms with Crippen molar-refractivity contribution in [3.63, 3.8) is 0 Å². The Morgan fingerprint density at radius 1 is 1.09 bits per heavy atom. The Kier molecular flexibility index (Phi) is 7.68. The fraction of sp³-hybridized carbons (Fsp3) is 0.185. The fourth-order valence-electron chi connectivity index (χ4n) is 3.62. The second kappa shape index (κ2) is 10.9. The van der Waals surface area contributed by atoms with Crippen molar-refractivity contribution in [2.24, 2.45) is 0 Å². The number of halogens is 1. The summed E-state index contributed by atoms with van der Waals surface area (Å²) in [6.07, 6.45) is 1.83. The molecule has 0 aromatic heterocycles. The van der Waals surface area contributed by atoms with E-state index < -0.39 is 0 Å². The molecule has 0 radical (unpaired) electrons. The lowest BCUT2D eigenvalue weighted by Gasteiger charge is -2.27. The number of rotatable bonds is 7. The summed E-state index contributed by atoms with van der Waals surface area (Å²) >= 11 is 7.29. The molecule has 1 aliphatic rings. The number of nitrogens with zero attached hydrogens (tertiary/aromatic N) is 1. The molecule has 3 aromatic rings. The SMILES string of the molecule is CCOc1ccc(/C=C2/Sc3ccc(C(=O)NCc4ccc(Cl)cc4)cc3N(C)C2=O)cc1OC. The van der Waals surface area contributed by atoms with Gasteiger partial charge in [0.25, 0.3) is 11.8 Å². The van der Waals surface area contributed by atoms with E-state index in [9.17, 15) is 9.59 Å². The highest BCUT2D eigenvalue weighted by atomic mass is 35.5. The number of carbonyl (C=O) groups is 2. The number of anilines is 1. The van der Waals surface area contributed by atoms with E-state index in [4.69, 9.17) is 21.1 Å². The molecule has 0 fully saturated rings. The number of amides is 2. The zero-order valence-electron chi connectivity index (χ0n) is 19.6. The van der Waals surface area contributed by atoms with Gasteiger partial charge in [0.05, 0.1) is 24.3 Å². The third kappa shape index (κ3) is 5.63. The molecule has 6 nitrogen and oxygen atoms in total. The first kappa shape index (κ1) is 24.7. The van der Waals surface area contributed by atoms with Gasteiger partial charge in [-0.3, -0.25) is 9.59 Å². The van der Waals surface area contributed by atoms with Crippen LogP contribution in [-0.2, 0) is 11.3 Å². The predicted molar refractivity (Wildman–Crippen MR) is 140 cm³/mol. The van der Waals surface area contributed by atoms with E-state index in [1.165, 1.54) is 11.8 Å². The molecule has 0 saturated heterocycles. The van der Waals surface area contributed by atoms with Gasteiger partial charge in [-0.2, -0.15) is 0 Å². The smallest absolute Gasteiger partial charge is 0.264 e. The Hall–Kier alpha value is -3.42. The van der Waals surface area contributed by atoms with Crippen LogP contribution in [0.5, 0.6) is 11.5 Å². The molecule has 3 aromatic carbocycles. The molecule has 0 bridgehead atoms. The van der Waals surface area contributed by atoms with Gasteiger partial charge in [0.1, 0.15) is 0 Å². The van der Waals surface area contributed by atoms with E-state index in [0.29, 0.717) is 45.8 Å². The van der Waals surface area contributed by atoms with Crippen LogP contribution in [0.2, 0.25) is 5.02 Å². The second-order valence-corrected chi connectivity index (χ2v) is 9.33. The quantitative estimate of drug-likeness (QED) is 0.409. The summed E-state index contributed by atoms with van der Waals surface area (Å²) in [6, 6.07) is 18.2. The standard InChI is InChI=1S/C27H25ClN2O4S/c1-4-34-22-11-7-18(13-23(22)33-3)14-25-27(32)30(2)21-15-19(8-12-24(21)35-25)26(31)29-16-17-5-9-20(28)10-6-17/h5-15H,4,16H2,1-3H3,(H,29,31)/b25-14+. The monoisotopic (exact) mass is 508 g/mol. The number of nitrogens with one attached hydrogen (secondary N) is 1. The first-order valence-electron chi connectivity index (χ1n) is 11.0. The highest BCUT2D eigenvalue weighted by Crippen LogP contribution is 2.42. The Labute approximate surface area is 213 Å². The third-order valence-corrected chi connectivity index (χ3v) is 6.80. The van der Waals surface area contributed by atoms with Gasteiger partial charge in [-0.15, -0.1) is 0 Å². The Morgan fingerprint density at radius 2 is 1.86 bits per heavy atom. The zero-order chi connectivity index (χ0) is 24.9. The highest BCUT2D eigenvalue weighted by molar-refractivity contribution is 8.04. The lowest BCUT2D eigenvalue weighted by atomic mass is 10.1. The van der Waals surface area contributed by atoms with Gasteiger partial charge < -0.3 is 19.7 Å². The van der Waals surface area contributed by atoms with E-state index in [-0.39, 0.29) is 11.8 Å². The molecule has 35 heavy (non-hydrogen) atoms. The highest BCUT2D eigenvalue weighted by Gasteiger charge is 2.27. The van der Waals surface area contributed by atoms with Crippen LogP contribution in [0.15, 0.2) is 70.5 Å². The average molecular weight is 509 g/mol. The van der Waals surface area contributed by atoms with Crippen molar-refractivity contribution >= 4 is 46.9 Å². The summed E-state index contributed by atoms with van der Waals surface area (Å²) in [5.41, 5.74) is 2.96. The van der Waals surface area contributed by atoms with Gasteiger partial charge in [0.2, 0.25) is 0 Å². The molecule has 0 saturated carbocycles. The Morgan fingerprint density at radius 3 is 2.57 bits per heavy atom. The molecular formula is C27H25ClN2O4S. The van der Waals surface area contributed by atoms with Crippen LogP contribution in [0.25, 0.3) is 6.08 Å². The first-order valence-corrected chi connectivity index (χ1v) is 12.2. The number of benzene rings is 3. The van der Waals surface area contributed by atoms with Gasteiger partial charge in [-0.25, -0.2) is 0 Å². The Balaban J connectivity index is 1.52. The van der Waals surface area contributed by atoms with Gasteiger partial charge >= 0.3 is 0 Å². The Bertz CT molecular complexity index is 1290. The van der Waals surface area contributed by atoms with E-state index >= 15 is 0 Å². The predicted octanol–water partition coefficient (Wildman–Crippen LogP) is 5.79. The van der Waals surface area contributed by atoms with Crippen molar-refractivity contribution in [2.75, 3.05) is 25.7 Å². The van der Waals surface area contributed by atoms with Gasteiger partial charge in [-0.05, 0) is 66.6 Å². The number of likely N-dealkylation sites (N-methyl/N-ethyl adjacent to an activating group) is 1. The van der Waals surface area contributed by atoms with E-state index in [0.717, 1.165) is 16.0 Å². The topological polar surface area (TPSA) is 67.9 Å². The number of thioether (sulfide) groups is 1. The summed E-state index contributed by atoms with van der Waals surface area (Å²) in [5.74, 6) is 0.909. The maximum Gasteiger partial charge on any atom is 0.264 e. The molecule has 0 unspecified atom stereocenters. The van der Waals surface area contributed by atoms with Crippen LogP contribution in [-0.4, -0.2) is 32.6 Å². The summed E-state index contributed by atoms with van der Waals surface area (Å²) in [6.45, 7) is 2.83. The van der Waals surface area contributed by atoms with Gasteiger partial charge in [-0.1, -0.05) is 41.6 Å². The molecule has 1 aliphatic heterocycles. The second-order valence-electron chi connectivity index (χ2n) is 7.81. The average Bonchev–Trinajstić information content (AvgIpc) is 2.87. The normalized spacial score (nSPS) is 14.0. The number of carbonyl (C=O) groups excluding carboxylic acids is 2. The molecule has 0 atom stereocenters. The fourth-order valence-corrected chi connectivity index (χ4v) is 4.84. The maximum atomic E-state index is 13.1. The minimum Gasteiger partial charge on any atom is -0.493 e. The summed E-state index contributed by atoms with van der Waals surface area (Å²) < 4.78 is 11.0. The summed E-state index contributed by atoms with van der Waals surface area (Å²) in [7, 11) is 3.30. The van der Waals surface area contributed by atoms with Crippen molar-refractivity contribution in [1.82, 2.24) is 5.32 Å². The molecule has 1 heterocycles. The van der Waals surface area contributed by atoms with Crippen LogP contribution in [0, 0.1) is 0 Å². The molecular weight excluding hydrogens is 484 g/mol. The van der Waals surface area contributed by atoms with E-state index in [1.54, 1.807) is 43.3 Å². The van der Waals surface area contributed by atoms with Crippen LogP contribution >= 0.6 is 23.4 Å². The molecule has 2 amide bonds. The van der Waals surface area contributed by atoms with Crippen molar-refractivity contribution in [3.05, 3.63) is 87.3 Å². The lowest BCUT2D eigenvalue weighted by Crippen LogP contribution is -2.31.